The first kappa shape index (κ1) is 25.0. The van der Waals surface area contributed by atoms with Gasteiger partial charge in [0.05, 0.1) is 29.9 Å². The minimum absolute atomic E-state index is 0.103. The lowest BCUT2D eigenvalue weighted by Gasteiger charge is -2.51. The Balaban J connectivity index is 1.13. The minimum atomic E-state index is -0.431. The molecule has 9 heteroatoms. The molecule has 0 N–H and O–H groups in total. The predicted octanol–water partition coefficient (Wildman–Crippen LogP) is 7.50. The predicted molar refractivity (Wildman–Crippen MR) is 138 cm³/mol. The van der Waals surface area contributed by atoms with Gasteiger partial charge in [-0.05, 0) is 75.8 Å². The van der Waals surface area contributed by atoms with Crippen molar-refractivity contribution in [3.63, 3.8) is 0 Å². The number of ether oxygens (including phenoxy) is 2. The number of carbonyl (C=O) groups excluding carboxylic acids is 1. The summed E-state index contributed by atoms with van der Waals surface area (Å²) in [6.45, 7) is 3.19. The summed E-state index contributed by atoms with van der Waals surface area (Å²) in [6.07, 6.45) is 9.65. The van der Waals surface area contributed by atoms with Crippen molar-refractivity contribution in [1.29, 1.82) is 0 Å². The van der Waals surface area contributed by atoms with Gasteiger partial charge in [-0.25, -0.2) is 9.78 Å². The van der Waals surface area contributed by atoms with Gasteiger partial charge >= 0.3 is 5.97 Å². The lowest BCUT2D eigenvalue weighted by Crippen LogP contribution is -2.46. The smallest absolute Gasteiger partial charge is 0.360 e. The third-order valence-corrected chi connectivity index (χ3v) is 9.09. The van der Waals surface area contributed by atoms with E-state index in [2.05, 4.69) is 10.1 Å². The van der Waals surface area contributed by atoms with Crippen molar-refractivity contribution in [1.82, 2.24) is 10.1 Å². The SMILES string of the molecule is CCOC(=O)c1coc(C23CCC(COCc4c(-c5c(Cl)cccc5Cl)noc4C4CC4)(CC2)CC3)n1. The maximum atomic E-state index is 12.0. The number of rotatable bonds is 9. The van der Waals surface area contributed by atoms with Crippen LogP contribution in [-0.4, -0.2) is 29.3 Å². The van der Waals surface area contributed by atoms with E-state index in [1.807, 2.05) is 18.2 Å². The largest absolute Gasteiger partial charge is 0.461 e. The number of benzene rings is 1. The van der Waals surface area contributed by atoms with Gasteiger partial charge in [0.25, 0.3) is 0 Å². The van der Waals surface area contributed by atoms with Gasteiger partial charge in [-0.3, -0.25) is 0 Å². The van der Waals surface area contributed by atoms with Crippen LogP contribution in [-0.2, 0) is 21.5 Å². The number of aromatic nitrogens is 2. The highest BCUT2D eigenvalue weighted by Gasteiger charge is 2.52. The van der Waals surface area contributed by atoms with Gasteiger partial charge in [-0.15, -0.1) is 0 Å². The Bertz CT molecular complexity index is 1270. The quantitative estimate of drug-likeness (QED) is 0.257. The molecule has 4 saturated carbocycles. The van der Waals surface area contributed by atoms with E-state index in [-0.39, 0.29) is 16.5 Å². The van der Waals surface area contributed by atoms with Crippen LogP contribution in [0.25, 0.3) is 11.3 Å². The number of fused-ring (bicyclic) bond motifs is 3. The van der Waals surface area contributed by atoms with Gasteiger partial charge < -0.3 is 18.4 Å². The van der Waals surface area contributed by atoms with Crippen LogP contribution >= 0.6 is 23.2 Å². The van der Waals surface area contributed by atoms with Gasteiger partial charge in [-0.1, -0.05) is 34.4 Å². The van der Waals surface area contributed by atoms with Crippen LogP contribution < -0.4 is 0 Å². The monoisotopic (exact) mass is 544 g/mol. The van der Waals surface area contributed by atoms with Crippen LogP contribution in [0, 0.1) is 5.41 Å². The number of hydrogen-bond donors (Lipinski definition) is 0. The second kappa shape index (κ2) is 9.75. The van der Waals surface area contributed by atoms with Gasteiger partial charge in [0, 0.05) is 22.5 Å². The van der Waals surface area contributed by atoms with E-state index in [1.54, 1.807) is 6.92 Å². The molecule has 0 saturated heterocycles. The van der Waals surface area contributed by atoms with E-state index in [0.29, 0.717) is 52.9 Å². The average molecular weight is 545 g/mol. The first-order valence-electron chi connectivity index (χ1n) is 13.1. The first-order valence-corrected chi connectivity index (χ1v) is 13.8. The summed E-state index contributed by atoms with van der Waals surface area (Å²) in [6, 6.07) is 5.46. The zero-order valence-electron chi connectivity index (χ0n) is 20.9. The molecule has 7 rings (SSSR count). The Morgan fingerprint density at radius 1 is 1.11 bits per heavy atom. The zero-order valence-corrected chi connectivity index (χ0v) is 22.4. The number of hydrogen-bond acceptors (Lipinski definition) is 7. The molecule has 4 aliphatic rings. The van der Waals surface area contributed by atoms with E-state index in [0.717, 1.165) is 62.7 Å². The minimum Gasteiger partial charge on any atom is -0.461 e. The second-order valence-electron chi connectivity index (χ2n) is 10.8. The van der Waals surface area contributed by atoms with Crippen LogP contribution in [0.5, 0.6) is 0 Å². The number of oxazole rings is 1. The fourth-order valence-corrected chi connectivity index (χ4v) is 6.61. The summed E-state index contributed by atoms with van der Waals surface area (Å²) < 4.78 is 23.1. The maximum Gasteiger partial charge on any atom is 0.360 e. The van der Waals surface area contributed by atoms with Crippen molar-refractivity contribution in [3.05, 3.63) is 57.4 Å². The van der Waals surface area contributed by atoms with E-state index in [1.165, 1.54) is 6.26 Å². The van der Waals surface area contributed by atoms with Crippen molar-refractivity contribution in [2.75, 3.05) is 13.2 Å². The van der Waals surface area contributed by atoms with Gasteiger partial charge in [-0.2, -0.15) is 0 Å². The van der Waals surface area contributed by atoms with E-state index >= 15 is 0 Å². The van der Waals surface area contributed by atoms with E-state index in [4.69, 9.17) is 41.6 Å². The Labute approximate surface area is 225 Å². The molecule has 2 heterocycles. The molecule has 1 aromatic carbocycles. The highest BCUT2D eigenvalue weighted by molar-refractivity contribution is 6.39. The van der Waals surface area contributed by atoms with Crippen LogP contribution in [0.4, 0.5) is 0 Å². The molecule has 4 aliphatic carbocycles. The molecule has 0 aliphatic heterocycles. The summed E-state index contributed by atoms with van der Waals surface area (Å²) in [5.74, 6) is 1.53. The number of esters is 1. The van der Waals surface area contributed by atoms with Crippen LogP contribution in [0.2, 0.25) is 10.0 Å². The molecule has 0 atom stereocenters. The Morgan fingerprint density at radius 3 is 2.46 bits per heavy atom. The molecule has 0 unspecified atom stereocenters. The zero-order chi connectivity index (χ0) is 25.6. The Kier molecular flexibility index (Phi) is 6.58. The molecular formula is C28H30Cl2N2O5. The van der Waals surface area contributed by atoms with Gasteiger partial charge in [0.2, 0.25) is 5.89 Å². The fraction of sp³-hybridized carbons (Fsp3) is 0.536. The fourth-order valence-electron chi connectivity index (χ4n) is 6.03. The Hall–Kier alpha value is -2.35. The third kappa shape index (κ3) is 4.59. The maximum absolute atomic E-state index is 12.0. The molecule has 37 heavy (non-hydrogen) atoms. The molecule has 2 aromatic heterocycles. The third-order valence-electron chi connectivity index (χ3n) is 8.46. The summed E-state index contributed by atoms with van der Waals surface area (Å²) in [7, 11) is 0. The summed E-state index contributed by atoms with van der Waals surface area (Å²) in [5, 5.41) is 5.48. The Morgan fingerprint density at radius 2 is 1.81 bits per heavy atom. The highest BCUT2D eigenvalue weighted by Crippen LogP contribution is 2.57. The van der Waals surface area contributed by atoms with Gasteiger partial charge in [0.1, 0.15) is 17.7 Å². The lowest BCUT2D eigenvalue weighted by atomic mass is 9.54. The first-order chi connectivity index (χ1) is 17.9. The molecular weight excluding hydrogens is 515 g/mol. The molecule has 7 nitrogen and oxygen atoms in total. The number of carbonyl (C=O) groups is 1. The lowest BCUT2D eigenvalue weighted by molar-refractivity contribution is -0.0489. The summed E-state index contributed by atoms with van der Waals surface area (Å²) in [5.41, 5.74) is 2.63. The van der Waals surface area contributed by atoms with Crippen molar-refractivity contribution >= 4 is 29.2 Å². The topological polar surface area (TPSA) is 87.6 Å². The number of nitrogens with zero attached hydrogens (tertiary/aromatic N) is 2. The molecule has 4 fully saturated rings. The summed E-state index contributed by atoms with van der Waals surface area (Å²) in [4.78, 5) is 16.6. The molecule has 196 valence electrons. The van der Waals surface area contributed by atoms with Crippen molar-refractivity contribution in [3.8, 4) is 11.3 Å². The van der Waals surface area contributed by atoms with Crippen molar-refractivity contribution in [2.24, 2.45) is 5.41 Å². The standard InChI is InChI=1S/C28H30Cl2N2O5/c1-2-35-25(33)21-15-36-26(31-21)28-11-8-27(9-12-28,10-13-28)16-34-14-18-23(32-37-24(18)17-6-7-17)22-19(29)4-3-5-20(22)30/h3-5,15,17H,2,6-14,16H2,1H3. The van der Waals surface area contributed by atoms with Gasteiger partial charge in [0.15, 0.2) is 5.69 Å². The normalized spacial score (nSPS) is 24.9. The molecule has 0 amide bonds. The second-order valence-corrected chi connectivity index (χ2v) is 11.6. The molecule has 3 aromatic rings. The van der Waals surface area contributed by atoms with E-state index in [9.17, 15) is 4.79 Å². The van der Waals surface area contributed by atoms with Crippen LogP contribution in [0.1, 0.15) is 91.9 Å². The van der Waals surface area contributed by atoms with E-state index < -0.39 is 5.97 Å². The molecule has 0 radical (unpaired) electrons. The van der Waals surface area contributed by atoms with Crippen LogP contribution in [0.3, 0.4) is 0 Å². The molecule has 0 spiro atoms. The van der Waals surface area contributed by atoms with Crippen molar-refractivity contribution in [2.45, 2.75) is 76.2 Å². The summed E-state index contributed by atoms with van der Waals surface area (Å²) >= 11 is 13.0. The number of halogens is 2. The van der Waals surface area contributed by atoms with Crippen molar-refractivity contribution < 1.29 is 23.2 Å². The van der Waals surface area contributed by atoms with Crippen LogP contribution in [0.15, 0.2) is 33.4 Å². The highest BCUT2D eigenvalue weighted by atomic mass is 35.5. The molecule has 2 bridgehead atoms. The average Bonchev–Trinajstić information content (AvgIpc) is 3.46.